The van der Waals surface area contributed by atoms with Gasteiger partial charge in [-0.05, 0) is 24.6 Å². The van der Waals surface area contributed by atoms with E-state index in [4.69, 9.17) is 4.55 Å². The average Bonchev–Trinajstić information content (AvgIpc) is 1.94. The number of aryl methyl sites for hydroxylation is 1. The SMILES string of the molecule is Cc1ccc(S(=O)O)cc1F.[H-].[Na+]. The molecule has 1 unspecified atom stereocenters. The van der Waals surface area contributed by atoms with E-state index in [0.29, 0.717) is 5.56 Å². The maximum absolute atomic E-state index is 12.7. The van der Waals surface area contributed by atoms with E-state index in [1.165, 1.54) is 12.1 Å². The number of halogens is 1. The predicted octanol–water partition coefficient (Wildman–Crippen LogP) is -1.17. The monoisotopic (exact) mass is 198 g/mol. The summed E-state index contributed by atoms with van der Waals surface area (Å²) < 4.78 is 31.6. The van der Waals surface area contributed by atoms with Gasteiger partial charge in [0.2, 0.25) is 0 Å². The van der Waals surface area contributed by atoms with Gasteiger partial charge in [0, 0.05) is 0 Å². The van der Waals surface area contributed by atoms with Gasteiger partial charge >= 0.3 is 29.6 Å². The molecule has 0 aromatic heterocycles. The Labute approximate surface area is 96.2 Å². The number of rotatable bonds is 1. The van der Waals surface area contributed by atoms with Crippen molar-refractivity contribution < 1.29 is 44.1 Å². The van der Waals surface area contributed by atoms with Crippen molar-refractivity contribution in [1.29, 1.82) is 0 Å². The van der Waals surface area contributed by atoms with E-state index in [-0.39, 0.29) is 35.9 Å². The Morgan fingerprint density at radius 2 is 2.17 bits per heavy atom. The van der Waals surface area contributed by atoms with E-state index in [2.05, 4.69) is 0 Å². The van der Waals surface area contributed by atoms with Crippen molar-refractivity contribution in [3.05, 3.63) is 29.6 Å². The van der Waals surface area contributed by atoms with Crippen molar-refractivity contribution in [3.8, 4) is 0 Å². The standard InChI is InChI=1S/C7H7FO2S.Na.H/c1-5-2-3-6(11(9)10)4-7(5)8;;/h2-4H,1H3,(H,9,10);;/q;+1;-1. The summed E-state index contributed by atoms with van der Waals surface area (Å²) in [7, 11) is 0. The second-order valence-corrected chi connectivity index (χ2v) is 3.13. The molecule has 1 aromatic rings. The average molecular weight is 198 g/mol. The Hall–Kier alpha value is 0.260. The van der Waals surface area contributed by atoms with Crippen molar-refractivity contribution in [2.75, 3.05) is 0 Å². The van der Waals surface area contributed by atoms with E-state index >= 15 is 0 Å². The van der Waals surface area contributed by atoms with Crippen LogP contribution in [0.4, 0.5) is 4.39 Å². The van der Waals surface area contributed by atoms with Crippen molar-refractivity contribution in [1.82, 2.24) is 0 Å². The summed E-state index contributed by atoms with van der Waals surface area (Å²) in [5.74, 6) is -0.454. The second kappa shape index (κ2) is 5.09. The van der Waals surface area contributed by atoms with Gasteiger partial charge in [-0.25, -0.2) is 8.60 Å². The van der Waals surface area contributed by atoms with Crippen LogP contribution in [0.1, 0.15) is 6.99 Å². The maximum Gasteiger partial charge on any atom is 1.00 e. The molecule has 0 aliphatic rings. The van der Waals surface area contributed by atoms with Crippen LogP contribution in [0.5, 0.6) is 0 Å². The van der Waals surface area contributed by atoms with Gasteiger partial charge in [0.05, 0.1) is 4.90 Å². The van der Waals surface area contributed by atoms with Crippen LogP contribution in [-0.4, -0.2) is 8.76 Å². The normalized spacial score (nSPS) is 11.9. The number of hydrogen-bond donors (Lipinski definition) is 1. The fourth-order valence-electron chi connectivity index (χ4n) is 0.682. The van der Waals surface area contributed by atoms with Crippen LogP contribution < -0.4 is 29.6 Å². The Balaban J connectivity index is 0. The molecule has 0 aliphatic heterocycles. The zero-order valence-corrected chi connectivity index (χ0v) is 9.69. The fourth-order valence-corrected chi connectivity index (χ4v) is 1.07. The van der Waals surface area contributed by atoms with Crippen molar-refractivity contribution >= 4 is 11.1 Å². The summed E-state index contributed by atoms with van der Waals surface area (Å²) in [6.07, 6.45) is 0. The molecule has 0 heterocycles. The Kier molecular flexibility index (Phi) is 5.20. The molecule has 2 nitrogen and oxygen atoms in total. The molecule has 0 bridgehead atoms. The summed E-state index contributed by atoms with van der Waals surface area (Å²) in [4.78, 5) is 0.0908. The Bertz CT molecular complexity index is 309. The molecule has 1 atom stereocenters. The molecule has 0 spiro atoms. The first-order valence-corrected chi connectivity index (χ1v) is 4.09. The summed E-state index contributed by atoms with van der Waals surface area (Å²) in [5, 5.41) is 0. The molecule has 0 radical (unpaired) electrons. The smallest absolute Gasteiger partial charge is 1.00 e. The zero-order chi connectivity index (χ0) is 8.43. The van der Waals surface area contributed by atoms with Crippen LogP contribution >= 0.6 is 0 Å². The Morgan fingerprint density at radius 1 is 1.58 bits per heavy atom. The van der Waals surface area contributed by atoms with Crippen LogP contribution in [-0.2, 0) is 11.1 Å². The topological polar surface area (TPSA) is 37.3 Å². The Morgan fingerprint density at radius 3 is 2.58 bits per heavy atom. The molecule has 1 N–H and O–H groups in total. The third-order valence-corrected chi connectivity index (χ3v) is 2.00. The van der Waals surface area contributed by atoms with E-state index < -0.39 is 16.9 Å². The number of hydrogen-bond acceptors (Lipinski definition) is 1. The van der Waals surface area contributed by atoms with Crippen LogP contribution in [0.3, 0.4) is 0 Å². The first-order chi connectivity index (χ1) is 5.11. The van der Waals surface area contributed by atoms with Gasteiger partial charge in [0.25, 0.3) is 0 Å². The van der Waals surface area contributed by atoms with Gasteiger partial charge in [-0.2, -0.15) is 0 Å². The maximum atomic E-state index is 12.7. The van der Waals surface area contributed by atoms with Crippen molar-refractivity contribution in [2.45, 2.75) is 11.8 Å². The van der Waals surface area contributed by atoms with E-state index in [1.54, 1.807) is 6.92 Å². The summed E-state index contributed by atoms with van der Waals surface area (Å²) >= 11 is -2.09. The quantitative estimate of drug-likeness (QED) is 0.456. The van der Waals surface area contributed by atoms with Crippen molar-refractivity contribution in [2.24, 2.45) is 0 Å². The molecule has 0 amide bonds. The first kappa shape index (κ1) is 12.3. The molecular weight excluding hydrogens is 190 g/mol. The molecule has 1 aromatic carbocycles. The van der Waals surface area contributed by atoms with Gasteiger partial charge in [0.15, 0.2) is 11.1 Å². The van der Waals surface area contributed by atoms with Crippen LogP contribution in [0.2, 0.25) is 0 Å². The van der Waals surface area contributed by atoms with E-state index in [1.807, 2.05) is 0 Å². The van der Waals surface area contributed by atoms with Gasteiger partial charge in [-0.3, -0.25) is 0 Å². The van der Waals surface area contributed by atoms with Gasteiger partial charge in [-0.15, -0.1) is 0 Å². The minimum Gasteiger partial charge on any atom is -1.00 e. The molecule has 1 rings (SSSR count). The molecule has 0 fully saturated rings. The van der Waals surface area contributed by atoms with E-state index in [9.17, 15) is 8.60 Å². The molecule has 0 saturated carbocycles. The number of benzene rings is 1. The van der Waals surface area contributed by atoms with Gasteiger partial charge in [-0.1, -0.05) is 6.07 Å². The second-order valence-electron chi connectivity index (χ2n) is 2.16. The van der Waals surface area contributed by atoms with Gasteiger partial charge < -0.3 is 5.98 Å². The summed E-state index contributed by atoms with van der Waals surface area (Å²) in [6.45, 7) is 1.60. The largest absolute Gasteiger partial charge is 1.00 e. The van der Waals surface area contributed by atoms with Crippen LogP contribution in [0.25, 0.3) is 0 Å². The molecule has 0 saturated heterocycles. The predicted molar refractivity (Wildman–Crippen MR) is 41.3 cm³/mol. The van der Waals surface area contributed by atoms with E-state index in [0.717, 1.165) is 6.07 Å². The molecule has 12 heavy (non-hydrogen) atoms. The van der Waals surface area contributed by atoms with Crippen LogP contribution in [0.15, 0.2) is 23.1 Å². The van der Waals surface area contributed by atoms with Gasteiger partial charge in [0.1, 0.15) is 5.82 Å². The summed E-state index contributed by atoms with van der Waals surface area (Å²) in [6, 6.07) is 3.96. The third kappa shape index (κ3) is 2.95. The minimum absolute atomic E-state index is 0. The molecular formula is C7H8FNaO2S. The van der Waals surface area contributed by atoms with Crippen LogP contribution in [0, 0.1) is 12.7 Å². The summed E-state index contributed by atoms with van der Waals surface area (Å²) in [5.41, 5.74) is 0.471. The molecule has 0 aliphatic carbocycles. The zero-order valence-electron chi connectivity index (χ0n) is 7.87. The molecule has 62 valence electrons. The van der Waals surface area contributed by atoms with Crippen molar-refractivity contribution in [3.63, 3.8) is 0 Å². The molecule has 5 heteroatoms. The first-order valence-electron chi connectivity index (χ1n) is 2.98. The minimum atomic E-state index is -2.09. The third-order valence-electron chi connectivity index (χ3n) is 1.34. The fraction of sp³-hybridized carbons (Fsp3) is 0.143.